The molecule has 2 N–H and O–H groups in total. The number of nitrogen functional groups attached to an aromatic ring is 1. The average molecular weight is 261 g/mol. The molecule has 0 bridgehead atoms. The summed E-state index contributed by atoms with van der Waals surface area (Å²) in [5.74, 6) is 0.0964. The van der Waals surface area contributed by atoms with Gasteiger partial charge in [-0.15, -0.1) is 0 Å². The van der Waals surface area contributed by atoms with Crippen molar-refractivity contribution in [3.05, 3.63) is 48.0 Å². The molecule has 0 atom stereocenters. The molecular weight excluding hydrogens is 245 g/mol. The third-order valence-electron chi connectivity index (χ3n) is 2.85. The molecule has 0 aliphatic heterocycles. The largest absolute Gasteiger partial charge is 0.495 e. The Hall–Kier alpha value is -2.30. The first-order chi connectivity index (χ1) is 9.11. The molecule has 0 fully saturated rings. The maximum Gasteiger partial charge on any atom is 0.148 e. The van der Waals surface area contributed by atoms with Gasteiger partial charge in [-0.05, 0) is 11.6 Å². The summed E-state index contributed by atoms with van der Waals surface area (Å²) >= 11 is 0. The molecule has 1 heterocycles. The van der Waals surface area contributed by atoms with Crippen LogP contribution in [0, 0.1) is 5.82 Å². The molecule has 0 saturated carbocycles. The summed E-state index contributed by atoms with van der Waals surface area (Å²) in [5.41, 5.74) is 7.39. The van der Waals surface area contributed by atoms with Crippen molar-refractivity contribution in [2.75, 3.05) is 24.8 Å². The molecule has 0 spiro atoms. The first-order valence-electron chi connectivity index (χ1n) is 5.85. The predicted molar refractivity (Wildman–Crippen MR) is 73.7 cm³/mol. The molecule has 0 aliphatic rings. The van der Waals surface area contributed by atoms with Gasteiger partial charge < -0.3 is 15.4 Å². The van der Waals surface area contributed by atoms with Crippen molar-refractivity contribution in [1.29, 1.82) is 0 Å². The number of nitrogens with two attached hydrogens (primary N) is 1. The molecule has 0 saturated heterocycles. The third-order valence-corrected chi connectivity index (χ3v) is 2.85. The minimum Gasteiger partial charge on any atom is -0.495 e. The van der Waals surface area contributed by atoms with Crippen LogP contribution in [0.25, 0.3) is 0 Å². The molecule has 2 rings (SSSR count). The van der Waals surface area contributed by atoms with Gasteiger partial charge in [0.2, 0.25) is 0 Å². The van der Waals surface area contributed by atoms with Crippen molar-refractivity contribution < 1.29 is 9.13 Å². The van der Waals surface area contributed by atoms with Crippen molar-refractivity contribution in [2.45, 2.75) is 6.54 Å². The maximum atomic E-state index is 13.9. The van der Waals surface area contributed by atoms with E-state index >= 15 is 0 Å². The Bertz CT molecular complexity index is 560. The second-order valence-electron chi connectivity index (χ2n) is 4.26. The zero-order valence-electron chi connectivity index (χ0n) is 10.9. The van der Waals surface area contributed by atoms with Crippen LogP contribution in [-0.4, -0.2) is 19.1 Å². The van der Waals surface area contributed by atoms with Crippen LogP contribution in [0.2, 0.25) is 0 Å². The van der Waals surface area contributed by atoms with Crippen LogP contribution in [0.15, 0.2) is 36.7 Å². The van der Waals surface area contributed by atoms with Gasteiger partial charge in [0.1, 0.15) is 11.6 Å². The van der Waals surface area contributed by atoms with E-state index in [1.54, 1.807) is 30.4 Å². The van der Waals surface area contributed by atoms with Gasteiger partial charge >= 0.3 is 0 Å². The second kappa shape index (κ2) is 5.56. The van der Waals surface area contributed by atoms with E-state index in [2.05, 4.69) is 4.98 Å². The number of rotatable bonds is 4. The molecule has 0 aliphatic carbocycles. The maximum absolute atomic E-state index is 13.9. The highest BCUT2D eigenvalue weighted by atomic mass is 19.1. The normalized spacial score (nSPS) is 10.3. The Morgan fingerprint density at radius 1 is 1.42 bits per heavy atom. The van der Waals surface area contributed by atoms with E-state index in [1.807, 2.05) is 12.1 Å². The fourth-order valence-electron chi connectivity index (χ4n) is 1.88. The van der Waals surface area contributed by atoms with Crippen LogP contribution in [0.3, 0.4) is 0 Å². The monoisotopic (exact) mass is 261 g/mol. The van der Waals surface area contributed by atoms with E-state index in [1.165, 1.54) is 13.2 Å². The van der Waals surface area contributed by atoms with Gasteiger partial charge in [0.05, 0.1) is 18.5 Å². The van der Waals surface area contributed by atoms with Gasteiger partial charge in [-0.2, -0.15) is 0 Å². The lowest BCUT2D eigenvalue weighted by Crippen LogP contribution is -2.18. The topological polar surface area (TPSA) is 51.4 Å². The van der Waals surface area contributed by atoms with Crippen LogP contribution >= 0.6 is 0 Å². The van der Waals surface area contributed by atoms with Gasteiger partial charge in [0, 0.05) is 38.1 Å². The fourth-order valence-corrected chi connectivity index (χ4v) is 1.88. The summed E-state index contributed by atoms with van der Waals surface area (Å²) in [4.78, 5) is 5.82. The highest BCUT2D eigenvalue weighted by Crippen LogP contribution is 2.30. The van der Waals surface area contributed by atoms with Crippen LogP contribution in [0.5, 0.6) is 5.75 Å². The first-order valence-corrected chi connectivity index (χ1v) is 5.85. The third kappa shape index (κ3) is 2.93. The molecular formula is C14H16FN3O. The molecule has 1 aromatic carbocycles. The standard InChI is InChI=1S/C14H16FN3O/c1-18(9-10-4-3-5-17-8-10)13-7-14(19-2)12(16)6-11(13)15/h3-8H,9,16H2,1-2H3. The molecule has 0 unspecified atom stereocenters. The molecule has 100 valence electrons. The first kappa shape index (κ1) is 13.1. The minimum atomic E-state index is -0.371. The van der Waals surface area contributed by atoms with Crippen molar-refractivity contribution in [3.8, 4) is 5.75 Å². The highest BCUT2D eigenvalue weighted by Gasteiger charge is 2.12. The van der Waals surface area contributed by atoms with E-state index in [4.69, 9.17) is 10.5 Å². The van der Waals surface area contributed by atoms with E-state index in [-0.39, 0.29) is 5.82 Å². The Kier molecular flexibility index (Phi) is 3.85. The zero-order valence-corrected chi connectivity index (χ0v) is 10.9. The van der Waals surface area contributed by atoms with Crippen LogP contribution < -0.4 is 15.4 Å². The van der Waals surface area contributed by atoms with Crippen molar-refractivity contribution >= 4 is 11.4 Å². The highest BCUT2D eigenvalue weighted by molar-refractivity contribution is 5.63. The second-order valence-corrected chi connectivity index (χ2v) is 4.26. The van der Waals surface area contributed by atoms with Gasteiger partial charge in [-0.1, -0.05) is 6.07 Å². The summed E-state index contributed by atoms with van der Waals surface area (Å²) in [5, 5.41) is 0. The predicted octanol–water partition coefficient (Wildman–Crippen LogP) is 2.45. The summed E-state index contributed by atoms with van der Waals surface area (Å²) in [7, 11) is 3.32. The Balaban J connectivity index is 2.26. The summed E-state index contributed by atoms with van der Waals surface area (Å²) in [6.07, 6.45) is 3.46. The molecule has 2 aromatic rings. The number of ether oxygens (including phenoxy) is 1. The number of methoxy groups -OCH3 is 1. The van der Waals surface area contributed by atoms with E-state index in [9.17, 15) is 4.39 Å². The molecule has 1 aromatic heterocycles. The summed E-state index contributed by atoms with van der Waals surface area (Å²) < 4.78 is 19.0. The van der Waals surface area contributed by atoms with Gasteiger partial charge in [0.25, 0.3) is 0 Å². The van der Waals surface area contributed by atoms with Crippen molar-refractivity contribution in [1.82, 2.24) is 4.98 Å². The van der Waals surface area contributed by atoms with Gasteiger partial charge in [0.15, 0.2) is 0 Å². The quantitative estimate of drug-likeness (QED) is 0.859. The average Bonchev–Trinajstić information content (AvgIpc) is 2.40. The number of halogens is 1. The number of pyridine rings is 1. The van der Waals surface area contributed by atoms with E-state index < -0.39 is 0 Å². The zero-order chi connectivity index (χ0) is 13.8. The van der Waals surface area contributed by atoms with Crippen molar-refractivity contribution in [3.63, 3.8) is 0 Å². The fraction of sp³-hybridized carbons (Fsp3) is 0.214. The molecule has 4 nitrogen and oxygen atoms in total. The Labute approximate surface area is 111 Å². The Morgan fingerprint density at radius 2 is 2.21 bits per heavy atom. The number of benzene rings is 1. The molecule has 0 amide bonds. The number of anilines is 2. The minimum absolute atomic E-state index is 0.290. The molecule has 5 heteroatoms. The van der Waals surface area contributed by atoms with Crippen LogP contribution in [0.1, 0.15) is 5.56 Å². The number of hydrogen-bond acceptors (Lipinski definition) is 4. The van der Waals surface area contributed by atoms with E-state index in [0.29, 0.717) is 23.7 Å². The van der Waals surface area contributed by atoms with E-state index in [0.717, 1.165) is 5.56 Å². The number of hydrogen-bond donors (Lipinski definition) is 1. The van der Waals surface area contributed by atoms with Crippen LogP contribution in [-0.2, 0) is 6.54 Å². The lowest BCUT2D eigenvalue weighted by Gasteiger charge is -2.21. The van der Waals surface area contributed by atoms with Gasteiger partial charge in [-0.25, -0.2) is 4.39 Å². The Morgan fingerprint density at radius 3 is 2.84 bits per heavy atom. The molecule has 19 heavy (non-hydrogen) atoms. The van der Waals surface area contributed by atoms with Crippen molar-refractivity contribution in [2.24, 2.45) is 0 Å². The lowest BCUT2D eigenvalue weighted by molar-refractivity contribution is 0.416. The molecule has 0 radical (unpaired) electrons. The van der Waals surface area contributed by atoms with Crippen LogP contribution in [0.4, 0.5) is 15.8 Å². The lowest BCUT2D eigenvalue weighted by atomic mass is 10.2. The smallest absolute Gasteiger partial charge is 0.148 e. The summed E-state index contributed by atoms with van der Waals surface area (Å²) in [6, 6.07) is 6.66. The number of nitrogens with zero attached hydrogens (tertiary/aromatic N) is 2. The number of aromatic nitrogens is 1. The van der Waals surface area contributed by atoms with Gasteiger partial charge in [-0.3, -0.25) is 4.98 Å². The SMILES string of the molecule is COc1cc(N(C)Cc2cccnc2)c(F)cc1N. The summed E-state index contributed by atoms with van der Waals surface area (Å²) in [6.45, 7) is 0.553.